The Bertz CT molecular complexity index is 550. The second kappa shape index (κ2) is 6.35. The van der Waals surface area contributed by atoms with E-state index in [1.807, 2.05) is 0 Å². The molecule has 0 N–H and O–H groups in total. The molecule has 0 bridgehead atoms. The van der Waals surface area contributed by atoms with Gasteiger partial charge in [0.15, 0.2) is 6.10 Å². The standard InChI is InChI=1S/C12H15N3O6/c1-19-10-4-3-8(15(17)18)11(13-10)14-5-6-21-9(7-14)12(16)20-2/h3-4,9H,5-7H2,1-2H3. The SMILES string of the molecule is COC(=O)C1CN(c2nc(OC)ccc2[N+](=O)[O-])CCO1. The van der Waals surface area contributed by atoms with Gasteiger partial charge < -0.3 is 19.1 Å². The van der Waals surface area contributed by atoms with Gasteiger partial charge in [0.2, 0.25) is 11.7 Å². The first kappa shape index (κ1) is 15.0. The number of morpholine rings is 1. The number of rotatable bonds is 4. The van der Waals surface area contributed by atoms with E-state index < -0.39 is 17.0 Å². The van der Waals surface area contributed by atoms with E-state index in [0.717, 1.165) is 0 Å². The Labute approximate surface area is 120 Å². The van der Waals surface area contributed by atoms with E-state index >= 15 is 0 Å². The van der Waals surface area contributed by atoms with Crippen molar-refractivity contribution in [1.82, 2.24) is 4.98 Å². The van der Waals surface area contributed by atoms with Gasteiger partial charge in [-0.1, -0.05) is 0 Å². The van der Waals surface area contributed by atoms with Gasteiger partial charge in [0.1, 0.15) is 0 Å². The zero-order valence-electron chi connectivity index (χ0n) is 11.6. The molecule has 0 amide bonds. The van der Waals surface area contributed by atoms with Crippen LogP contribution >= 0.6 is 0 Å². The molecule has 1 aromatic rings. The lowest BCUT2D eigenvalue weighted by Gasteiger charge is -2.31. The highest BCUT2D eigenvalue weighted by Gasteiger charge is 2.31. The number of esters is 1. The van der Waals surface area contributed by atoms with Gasteiger partial charge in [0.05, 0.1) is 32.3 Å². The fourth-order valence-corrected chi connectivity index (χ4v) is 2.03. The maximum absolute atomic E-state index is 11.5. The van der Waals surface area contributed by atoms with Crippen LogP contribution in [0.25, 0.3) is 0 Å². The van der Waals surface area contributed by atoms with Gasteiger partial charge >= 0.3 is 11.7 Å². The summed E-state index contributed by atoms with van der Waals surface area (Å²) in [6, 6.07) is 2.74. The number of carbonyl (C=O) groups is 1. The van der Waals surface area contributed by atoms with Crippen molar-refractivity contribution in [2.24, 2.45) is 0 Å². The van der Waals surface area contributed by atoms with Crippen molar-refractivity contribution < 1.29 is 23.9 Å². The third-order valence-corrected chi connectivity index (χ3v) is 3.06. The minimum atomic E-state index is -0.795. The molecule has 1 aromatic heterocycles. The summed E-state index contributed by atoms with van der Waals surface area (Å²) >= 11 is 0. The number of pyridine rings is 1. The van der Waals surface area contributed by atoms with Crippen molar-refractivity contribution in [3.8, 4) is 5.88 Å². The van der Waals surface area contributed by atoms with Crippen LogP contribution in [0, 0.1) is 10.1 Å². The Morgan fingerprint density at radius 2 is 2.29 bits per heavy atom. The number of aromatic nitrogens is 1. The van der Waals surface area contributed by atoms with Crippen LogP contribution in [0.15, 0.2) is 12.1 Å². The van der Waals surface area contributed by atoms with Gasteiger partial charge in [-0.25, -0.2) is 4.79 Å². The van der Waals surface area contributed by atoms with E-state index in [9.17, 15) is 14.9 Å². The molecule has 2 rings (SSSR count). The Kier molecular flexibility index (Phi) is 4.53. The maximum Gasteiger partial charge on any atom is 0.336 e. The number of carbonyl (C=O) groups excluding carboxylic acids is 1. The molecule has 1 atom stereocenters. The number of methoxy groups -OCH3 is 2. The number of nitrogens with zero attached hydrogens (tertiary/aromatic N) is 3. The second-order valence-electron chi connectivity index (χ2n) is 4.28. The number of anilines is 1. The number of nitro groups is 1. The fourth-order valence-electron chi connectivity index (χ4n) is 2.03. The highest BCUT2D eigenvalue weighted by molar-refractivity contribution is 5.76. The molecule has 1 fully saturated rings. The molecule has 2 heterocycles. The highest BCUT2D eigenvalue weighted by atomic mass is 16.6. The summed E-state index contributed by atoms with van der Waals surface area (Å²) < 4.78 is 14.9. The first-order valence-electron chi connectivity index (χ1n) is 6.20. The molecule has 1 saturated heterocycles. The average molecular weight is 297 g/mol. The van der Waals surface area contributed by atoms with Gasteiger partial charge in [-0.15, -0.1) is 0 Å². The normalized spacial score (nSPS) is 18.2. The Morgan fingerprint density at radius 3 is 2.90 bits per heavy atom. The molecule has 0 radical (unpaired) electrons. The molecule has 0 spiro atoms. The third-order valence-electron chi connectivity index (χ3n) is 3.06. The minimum Gasteiger partial charge on any atom is -0.481 e. The highest BCUT2D eigenvalue weighted by Crippen LogP contribution is 2.29. The smallest absolute Gasteiger partial charge is 0.336 e. The van der Waals surface area contributed by atoms with Crippen molar-refractivity contribution in [2.75, 3.05) is 38.8 Å². The van der Waals surface area contributed by atoms with Crippen LogP contribution in [0.3, 0.4) is 0 Å². The zero-order chi connectivity index (χ0) is 15.4. The maximum atomic E-state index is 11.5. The molecule has 114 valence electrons. The largest absolute Gasteiger partial charge is 0.481 e. The predicted octanol–water partition coefficient (Wildman–Crippen LogP) is 0.377. The summed E-state index contributed by atoms with van der Waals surface area (Å²) in [5.74, 6) is -0.112. The fraction of sp³-hybridized carbons (Fsp3) is 0.500. The lowest BCUT2D eigenvalue weighted by molar-refractivity contribution is -0.384. The van der Waals surface area contributed by atoms with Crippen molar-refractivity contribution in [2.45, 2.75) is 6.10 Å². The summed E-state index contributed by atoms with van der Waals surface area (Å²) in [5.41, 5.74) is -0.152. The molecular weight excluding hydrogens is 282 g/mol. The van der Waals surface area contributed by atoms with E-state index in [-0.39, 0.29) is 30.5 Å². The Balaban J connectivity index is 2.31. The summed E-state index contributed by atoms with van der Waals surface area (Å²) in [5, 5.41) is 11.1. The van der Waals surface area contributed by atoms with Crippen molar-refractivity contribution in [3.63, 3.8) is 0 Å². The summed E-state index contributed by atoms with van der Waals surface area (Å²) in [6.07, 6.45) is -0.795. The van der Waals surface area contributed by atoms with Crippen LogP contribution in [0.4, 0.5) is 11.5 Å². The van der Waals surface area contributed by atoms with Crippen LogP contribution in [0.2, 0.25) is 0 Å². The van der Waals surface area contributed by atoms with E-state index in [4.69, 9.17) is 9.47 Å². The lowest BCUT2D eigenvalue weighted by Crippen LogP contribution is -2.47. The monoisotopic (exact) mass is 297 g/mol. The van der Waals surface area contributed by atoms with E-state index in [0.29, 0.717) is 6.54 Å². The van der Waals surface area contributed by atoms with Crippen LogP contribution in [-0.4, -0.2) is 55.9 Å². The predicted molar refractivity (Wildman–Crippen MR) is 71.4 cm³/mol. The molecule has 1 aliphatic rings. The van der Waals surface area contributed by atoms with Gasteiger partial charge in [-0.2, -0.15) is 4.98 Å². The molecule has 1 aliphatic heterocycles. The number of hydrogen-bond donors (Lipinski definition) is 0. The molecule has 0 aliphatic carbocycles. The Morgan fingerprint density at radius 1 is 1.52 bits per heavy atom. The summed E-state index contributed by atoms with van der Waals surface area (Å²) in [7, 11) is 2.69. The quantitative estimate of drug-likeness (QED) is 0.446. The number of hydrogen-bond acceptors (Lipinski definition) is 8. The third kappa shape index (κ3) is 3.19. The van der Waals surface area contributed by atoms with Crippen LogP contribution in [-0.2, 0) is 14.3 Å². The van der Waals surface area contributed by atoms with Gasteiger partial charge in [0, 0.05) is 18.7 Å². The first-order chi connectivity index (χ1) is 10.1. The van der Waals surface area contributed by atoms with Crippen molar-refractivity contribution >= 4 is 17.5 Å². The molecule has 0 saturated carbocycles. The van der Waals surface area contributed by atoms with Crippen molar-refractivity contribution in [3.05, 3.63) is 22.2 Å². The molecule has 1 unspecified atom stereocenters. The topological polar surface area (TPSA) is 104 Å². The van der Waals surface area contributed by atoms with Gasteiger partial charge in [0.25, 0.3) is 0 Å². The zero-order valence-corrected chi connectivity index (χ0v) is 11.6. The molecule has 9 nitrogen and oxygen atoms in total. The molecular formula is C12H15N3O6. The van der Waals surface area contributed by atoms with Crippen LogP contribution < -0.4 is 9.64 Å². The van der Waals surface area contributed by atoms with Gasteiger partial charge in [-0.05, 0) is 0 Å². The minimum absolute atomic E-state index is 0.133. The van der Waals surface area contributed by atoms with Gasteiger partial charge in [-0.3, -0.25) is 10.1 Å². The van der Waals surface area contributed by atoms with E-state index in [2.05, 4.69) is 9.72 Å². The Hall–Kier alpha value is -2.42. The molecule has 21 heavy (non-hydrogen) atoms. The number of ether oxygens (including phenoxy) is 3. The van der Waals surface area contributed by atoms with E-state index in [1.54, 1.807) is 4.90 Å². The summed E-state index contributed by atoms with van der Waals surface area (Å²) in [4.78, 5) is 27.8. The van der Waals surface area contributed by atoms with Crippen molar-refractivity contribution in [1.29, 1.82) is 0 Å². The average Bonchev–Trinajstić information content (AvgIpc) is 2.53. The molecule has 9 heteroatoms. The van der Waals surface area contributed by atoms with E-state index in [1.165, 1.54) is 26.4 Å². The molecule has 0 aromatic carbocycles. The van der Waals surface area contributed by atoms with Crippen LogP contribution in [0.1, 0.15) is 0 Å². The summed E-state index contributed by atoms with van der Waals surface area (Å²) in [6.45, 7) is 0.762. The lowest BCUT2D eigenvalue weighted by atomic mass is 10.2. The first-order valence-corrected chi connectivity index (χ1v) is 6.20. The second-order valence-corrected chi connectivity index (χ2v) is 4.28. The van der Waals surface area contributed by atoms with Crippen LogP contribution in [0.5, 0.6) is 5.88 Å².